The Labute approximate surface area is 193 Å². The summed E-state index contributed by atoms with van der Waals surface area (Å²) in [5.41, 5.74) is 0.459. The number of aliphatic hydroxyl groups is 1. The van der Waals surface area contributed by atoms with Crippen molar-refractivity contribution in [1.29, 1.82) is 0 Å². The number of aliphatic hydroxyl groups excluding tert-OH is 1. The highest BCUT2D eigenvalue weighted by molar-refractivity contribution is 7.92. The summed E-state index contributed by atoms with van der Waals surface area (Å²) in [6.07, 6.45) is -0.211. The molecule has 8 nitrogen and oxygen atoms in total. The highest BCUT2D eigenvalue weighted by atomic mass is 35.5. The summed E-state index contributed by atoms with van der Waals surface area (Å²) in [6, 6.07) is 10.0. The fraction of sp³-hybridized carbons (Fsp3) is 0.409. The van der Waals surface area contributed by atoms with Crippen LogP contribution >= 0.6 is 11.6 Å². The number of nitrogens with one attached hydrogen (secondary N) is 2. The van der Waals surface area contributed by atoms with Crippen molar-refractivity contribution in [2.24, 2.45) is 5.92 Å². The van der Waals surface area contributed by atoms with Gasteiger partial charge in [0.25, 0.3) is 15.9 Å². The van der Waals surface area contributed by atoms with Crippen LogP contribution in [0.15, 0.2) is 47.4 Å². The first-order valence-electron chi connectivity index (χ1n) is 10.3. The lowest BCUT2D eigenvalue weighted by Gasteiger charge is -2.37. The van der Waals surface area contributed by atoms with Crippen LogP contribution in [-0.4, -0.2) is 63.2 Å². The standard InChI is InChI=1S/C22H28ClN3O5S/c1-14-12-26(15(2)13-27)22(28)19-10-17(6-9-20(19)31-21(14)11-24-3)25-32(29,30)18-7-4-16(23)5-8-18/h4-10,14-15,21,24-25,27H,11-13H2,1-3H3/t14-,15+,21+/m1/s1. The summed E-state index contributed by atoms with van der Waals surface area (Å²) in [7, 11) is -2.05. The van der Waals surface area contributed by atoms with Crippen molar-refractivity contribution in [1.82, 2.24) is 10.2 Å². The van der Waals surface area contributed by atoms with Gasteiger partial charge in [-0.3, -0.25) is 9.52 Å². The monoisotopic (exact) mass is 481 g/mol. The molecule has 3 rings (SSSR count). The van der Waals surface area contributed by atoms with Gasteiger partial charge in [-0.2, -0.15) is 0 Å². The van der Waals surface area contributed by atoms with Crippen LogP contribution in [0.1, 0.15) is 24.2 Å². The van der Waals surface area contributed by atoms with E-state index >= 15 is 0 Å². The van der Waals surface area contributed by atoms with Crippen molar-refractivity contribution >= 4 is 33.2 Å². The average Bonchev–Trinajstić information content (AvgIpc) is 2.76. The Morgan fingerprint density at radius 2 is 1.94 bits per heavy atom. The molecule has 0 saturated carbocycles. The summed E-state index contributed by atoms with van der Waals surface area (Å²) >= 11 is 5.85. The Morgan fingerprint density at radius 1 is 1.25 bits per heavy atom. The zero-order valence-electron chi connectivity index (χ0n) is 18.2. The van der Waals surface area contributed by atoms with Crippen molar-refractivity contribution in [2.75, 3.05) is 31.5 Å². The second-order valence-electron chi connectivity index (χ2n) is 7.95. The van der Waals surface area contributed by atoms with Gasteiger partial charge in [0, 0.05) is 29.7 Å². The Kier molecular flexibility index (Phi) is 7.66. The number of amides is 1. The molecule has 3 N–H and O–H groups in total. The molecule has 1 amide bonds. The van der Waals surface area contributed by atoms with E-state index in [9.17, 15) is 18.3 Å². The molecule has 0 radical (unpaired) electrons. The molecule has 0 unspecified atom stereocenters. The summed E-state index contributed by atoms with van der Waals surface area (Å²) in [5.74, 6) is 0.0480. The molecular formula is C22H28ClN3O5S. The lowest BCUT2D eigenvalue weighted by atomic mass is 9.99. The van der Waals surface area contributed by atoms with E-state index in [4.69, 9.17) is 16.3 Å². The van der Waals surface area contributed by atoms with Crippen LogP contribution in [0.3, 0.4) is 0 Å². The van der Waals surface area contributed by atoms with Gasteiger partial charge < -0.3 is 20.1 Å². The highest BCUT2D eigenvalue weighted by Gasteiger charge is 2.33. The fourth-order valence-corrected chi connectivity index (χ4v) is 4.73. The number of carbonyl (C=O) groups excluding carboxylic acids is 1. The normalized spacial score (nSPS) is 20.0. The molecule has 0 aromatic heterocycles. The van der Waals surface area contributed by atoms with E-state index in [1.807, 2.05) is 14.0 Å². The van der Waals surface area contributed by atoms with E-state index in [0.717, 1.165) is 0 Å². The second kappa shape index (κ2) is 10.1. The molecule has 2 aromatic rings. The van der Waals surface area contributed by atoms with E-state index in [-0.39, 0.29) is 40.7 Å². The van der Waals surface area contributed by atoms with Gasteiger partial charge in [-0.15, -0.1) is 0 Å². The van der Waals surface area contributed by atoms with Crippen molar-refractivity contribution < 1.29 is 23.1 Å². The summed E-state index contributed by atoms with van der Waals surface area (Å²) in [4.78, 5) is 15.0. The molecule has 1 aliphatic rings. The number of rotatable bonds is 7. The number of anilines is 1. The van der Waals surface area contributed by atoms with Crippen molar-refractivity contribution in [3.8, 4) is 5.75 Å². The largest absolute Gasteiger partial charge is 0.488 e. The quantitative estimate of drug-likeness (QED) is 0.561. The number of hydrogen-bond acceptors (Lipinski definition) is 6. The van der Waals surface area contributed by atoms with Crippen molar-refractivity contribution in [3.05, 3.63) is 53.1 Å². The van der Waals surface area contributed by atoms with Gasteiger partial charge in [-0.1, -0.05) is 18.5 Å². The van der Waals surface area contributed by atoms with E-state index in [2.05, 4.69) is 10.0 Å². The minimum absolute atomic E-state index is 0.0108. The van der Waals surface area contributed by atoms with Crippen LogP contribution in [0.4, 0.5) is 5.69 Å². The number of nitrogens with zero attached hydrogens (tertiary/aromatic N) is 1. The van der Waals surface area contributed by atoms with Crippen LogP contribution in [-0.2, 0) is 10.0 Å². The number of likely N-dealkylation sites (N-methyl/N-ethyl adjacent to an activating group) is 1. The molecule has 2 aromatic carbocycles. The highest BCUT2D eigenvalue weighted by Crippen LogP contribution is 2.31. The number of fused-ring (bicyclic) bond motifs is 1. The molecule has 174 valence electrons. The Morgan fingerprint density at radius 3 is 2.56 bits per heavy atom. The van der Waals surface area contributed by atoms with Crippen LogP contribution in [0.25, 0.3) is 0 Å². The maximum Gasteiger partial charge on any atom is 0.261 e. The summed E-state index contributed by atoms with van der Waals surface area (Å²) in [6.45, 7) is 4.54. The lowest BCUT2D eigenvalue weighted by molar-refractivity contribution is 0.0416. The summed E-state index contributed by atoms with van der Waals surface area (Å²) in [5, 5.41) is 13.2. The average molecular weight is 482 g/mol. The first-order chi connectivity index (χ1) is 15.2. The number of hydrogen-bond donors (Lipinski definition) is 3. The number of carbonyl (C=O) groups is 1. The molecular weight excluding hydrogens is 454 g/mol. The van der Waals surface area contributed by atoms with Crippen LogP contribution < -0.4 is 14.8 Å². The SMILES string of the molecule is CNC[C@@H]1Oc2ccc(NS(=O)(=O)c3ccc(Cl)cc3)cc2C(=O)N([C@@H](C)CO)C[C@H]1C. The molecule has 32 heavy (non-hydrogen) atoms. The first-order valence-corrected chi connectivity index (χ1v) is 12.2. The Balaban J connectivity index is 1.99. The van der Waals surface area contributed by atoms with E-state index in [1.54, 1.807) is 24.0 Å². The molecule has 0 bridgehead atoms. The minimum atomic E-state index is -3.88. The predicted molar refractivity (Wildman–Crippen MR) is 124 cm³/mol. The minimum Gasteiger partial charge on any atom is -0.488 e. The van der Waals surface area contributed by atoms with Gasteiger partial charge in [-0.05, 0) is 56.4 Å². The Hall–Kier alpha value is -2.33. The third-order valence-corrected chi connectivity index (χ3v) is 7.10. The third-order valence-electron chi connectivity index (χ3n) is 5.45. The van der Waals surface area contributed by atoms with Gasteiger partial charge in [0.15, 0.2) is 0 Å². The van der Waals surface area contributed by atoms with Crippen molar-refractivity contribution in [3.63, 3.8) is 0 Å². The zero-order valence-corrected chi connectivity index (χ0v) is 19.8. The first kappa shape index (κ1) is 24.3. The zero-order chi connectivity index (χ0) is 23.5. The topological polar surface area (TPSA) is 108 Å². The number of ether oxygens (including phenoxy) is 1. The maximum atomic E-state index is 13.4. The van der Waals surface area contributed by atoms with Gasteiger partial charge in [0.2, 0.25) is 0 Å². The van der Waals surface area contributed by atoms with Crippen LogP contribution in [0.2, 0.25) is 5.02 Å². The molecule has 1 heterocycles. The Bertz CT molecular complexity index is 1060. The molecule has 0 fully saturated rings. The van der Waals surface area contributed by atoms with E-state index in [1.165, 1.54) is 30.3 Å². The van der Waals surface area contributed by atoms with Crippen molar-refractivity contribution in [2.45, 2.75) is 30.9 Å². The van der Waals surface area contributed by atoms with Crippen LogP contribution in [0, 0.1) is 5.92 Å². The van der Waals surface area contributed by atoms with Crippen LogP contribution in [0.5, 0.6) is 5.75 Å². The molecule has 0 saturated heterocycles. The number of sulfonamides is 1. The smallest absolute Gasteiger partial charge is 0.261 e. The van der Waals surface area contributed by atoms with Gasteiger partial charge >= 0.3 is 0 Å². The third kappa shape index (κ3) is 5.35. The van der Waals surface area contributed by atoms with E-state index in [0.29, 0.717) is 23.9 Å². The molecule has 0 spiro atoms. The molecule has 1 aliphatic heterocycles. The number of halogens is 1. The molecule has 3 atom stereocenters. The predicted octanol–water partition coefficient (Wildman–Crippen LogP) is 2.58. The molecule has 0 aliphatic carbocycles. The molecule has 10 heteroatoms. The summed E-state index contributed by atoms with van der Waals surface area (Å²) < 4.78 is 34.2. The van der Waals surface area contributed by atoms with Gasteiger partial charge in [0.05, 0.1) is 23.1 Å². The second-order valence-corrected chi connectivity index (χ2v) is 10.1. The lowest BCUT2D eigenvalue weighted by Crippen LogP contribution is -2.49. The van der Waals surface area contributed by atoms with Gasteiger partial charge in [-0.25, -0.2) is 8.42 Å². The number of benzene rings is 2. The van der Waals surface area contributed by atoms with E-state index < -0.39 is 16.1 Å². The maximum absolute atomic E-state index is 13.4. The van der Waals surface area contributed by atoms with Gasteiger partial charge in [0.1, 0.15) is 11.9 Å². The fourth-order valence-electron chi connectivity index (χ4n) is 3.56.